The largest absolute Gasteiger partial charge is 0.317 e. The average Bonchev–Trinajstić information content (AvgIpc) is 1.90. The van der Waals surface area contributed by atoms with Crippen LogP contribution in [0.5, 0.6) is 0 Å². The van der Waals surface area contributed by atoms with Gasteiger partial charge in [-0.2, -0.15) is 0 Å². The highest BCUT2D eigenvalue weighted by Gasteiger charge is 2.18. The fourth-order valence-electron chi connectivity index (χ4n) is 1.30. The van der Waals surface area contributed by atoms with E-state index in [0.29, 0.717) is 5.92 Å². The van der Waals surface area contributed by atoms with Crippen molar-refractivity contribution in [3.8, 4) is 0 Å². The first kappa shape index (κ1) is 10.2. The molecule has 1 aliphatic heterocycles. The highest BCUT2D eigenvalue weighted by Crippen LogP contribution is 2.17. The highest BCUT2D eigenvalue weighted by atomic mass is 35.5. The smallest absolute Gasteiger partial charge is 0.100 e. The fraction of sp³-hybridized carbons (Fsp3) is 1.00. The summed E-state index contributed by atoms with van der Waals surface area (Å²) in [5.41, 5.74) is 0. The Morgan fingerprint density at radius 1 is 1.40 bits per heavy atom. The lowest BCUT2D eigenvalue weighted by atomic mass is 9.94. The van der Waals surface area contributed by atoms with Gasteiger partial charge in [0, 0.05) is 0 Å². The minimum atomic E-state index is -0.605. The number of halogens is 2. The second-order valence-electron chi connectivity index (χ2n) is 2.76. The van der Waals surface area contributed by atoms with Crippen LogP contribution in [0.2, 0.25) is 0 Å². The maximum Gasteiger partial charge on any atom is 0.100 e. The van der Waals surface area contributed by atoms with Crippen molar-refractivity contribution in [2.75, 3.05) is 13.1 Å². The summed E-state index contributed by atoms with van der Waals surface area (Å²) in [7, 11) is 0. The molecule has 0 saturated carbocycles. The van der Waals surface area contributed by atoms with Crippen LogP contribution >= 0.6 is 12.4 Å². The van der Waals surface area contributed by atoms with E-state index in [1.807, 2.05) is 0 Å². The van der Waals surface area contributed by atoms with Crippen molar-refractivity contribution in [3.05, 3.63) is 0 Å². The molecule has 62 valence electrons. The Labute approximate surface area is 67.8 Å². The van der Waals surface area contributed by atoms with E-state index in [4.69, 9.17) is 0 Å². The first-order chi connectivity index (χ1) is 4.30. The molecule has 0 bridgehead atoms. The predicted molar refractivity (Wildman–Crippen MR) is 43.4 cm³/mol. The zero-order valence-electron chi connectivity index (χ0n) is 6.27. The van der Waals surface area contributed by atoms with Crippen LogP contribution in [-0.4, -0.2) is 19.3 Å². The zero-order valence-corrected chi connectivity index (χ0v) is 7.09. The molecule has 1 fully saturated rings. The van der Waals surface area contributed by atoms with E-state index < -0.39 is 6.17 Å². The molecule has 0 aliphatic carbocycles. The molecule has 1 heterocycles. The van der Waals surface area contributed by atoms with Crippen molar-refractivity contribution in [1.29, 1.82) is 0 Å². The van der Waals surface area contributed by atoms with Gasteiger partial charge in [-0.25, -0.2) is 4.39 Å². The third kappa shape index (κ3) is 2.84. The molecule has 1 rings (SSSR count). The number of hydrogen-bond acceptors (Lipinski definition) is 1. The lowest BCUT2D eigenvalue weighted by Gasteiger charge is -2.23. The Balaban J connectivity index is 0.000000810. The lowest BCUT2D eigenvalue weighted by molar-refractivity contribution is 0.205. The molecule has 1 nitrogen and oxygen atoms in total. The highest BCUT2D eigenvalue weighted by molar-refractivity contribution is 5.85. The van der Waals surface area contributed by atoms with Crippen LogP contribution in [0.25, 0.3) is 0 Å². The molecule has 1 aliphatic rings. The SMILES string of the molecule is CC(F)C1CCNCC1.Cl. The summed E-state index contributed by atoms with van der Waals surface area (Å²) < 4.78 is 12.6. The van der Waals surface area contributed by atoms with Gasteiger partial charge in [0.25, 0.3) is 0 Å². The molecular formula is C7H15ClFN. The van der Waals surface area contributed by atoms with Crippen molar-refractivity contribution < 1.29 is 4.39 Å². The number of piperidine rings is 1. The molecular weight excluding hydrogens is 153 g/mol. The Morgan fingerprint density at radius 2 is 1.90 bits per heavy atom. The molecule has 0 aromatic carbocycles. The number of rotatable bonds is 1. The summed E-state index contributed by atoms with van der Waals surface area (Å²) in [5.74, 6) is 0.325. The average molecular weight is 168 g/mol. The predicted octanol–water partition coefficient (Wildman–Crippen LogP) is 1.77. The van der Waals surface area contributed by atoms with Crippen molar-refractivity contribution >= 4 is 12.4 Å². The van der Waals surface area contributed by atoms with Gasteiger partial charge in [0.1, 0.15) is 6.17 Å². The molecule has 1 unspecified atom stereocenters. The van der Waals surface area contributed by atoms with Crippen molar-refractivity contribution in [2.45, 2.75) is 25.9 Å². The molecule has 0 aromatic heterocycles. The molecule has 10 heavy (non-hydrogen) atoms. The van der Waals surface area contributed by atoms with Crippen LogP contribution in [0.1, 0.15) is 19.8 Å². The summed E-state index contributed by atoms with van der Waals surface area (Å²) in [5, 5.41) is 3.20. The molecule has 0 amide bonds. The number of alkyl halides is 1. The number of hydrogen-bond donors (Lipinski definition) is 1. The van der Waals surface area contributed by atoms with Crippen LogP contribution in [-0.2, 0) is 0 Å². The monoisotopic (exact) mass is 167 g/mol. The van der Waals surface area contributed by atoms with Crippen LogP contribution in [0.4, 0.5) is 4.39 Å². The fourth-order valence-corrected chi connectivity index (χ4v) is 1.30. The van der Waals surface area contributed by atoms with Crippen LogP contribution in [0.3, 0.4) is 0 Å². The maximum atomic E-state index is 12.6. The van der Waals surface area contributed by atoms with E-state index in [-0.39, 0.29) is 12.4 Å². The first-order valence-corrected chi connectivity index (χ1v) is 3.65. The minimum absolute atomic E-state index is 0. The van der Waals surface area contributed by atoms with Crippen LogP contribution < -0.4 is 5.32 Å². The van der Waals surface area contributed by atoms with E-state index >= 15 is 0 Å². The number of nitrogens with one attached hydrogen (secondary N) is 1. The summed E-state index contributed by atoms with van der Waals surface area (Å²) in [6.45, 7) is 3.66. The second-order valence-corrected chi connectivity index (χ2v) is 2.76. The van der Waals surface area contributed by atoms with Gasteiger partial charge < -0.3 is 5.32 Å². The van der Waals surface area contributed by atoms with Crippen molar-refractivity contribution in [3.63, 3.8) is 0 Å². The molecule has 1 atom stereocenters. The minimum Gasteiger partial charge on any atom is -0.317 e. The second kappa shape index (κ2) is 4.91. The Hall–Kier alpha value is 0.180. The Bertz CT molecular complexity index is 81.7. The van der Waals surface area contributed by atoms with Gasteiger partial charge in [-0.1, -0.05) is 0 Å². The van der Waals surface area contributed by atoms with E-state index in [9.17, 15) is 4.39 Å². The van der Waals surface area contributed by atoms with E-state index in [0.717, 1.165) is 25.9 Å². The molecule has 1 N–H and O–H groups in total. The summed E-state index contributed by atoms with van der Waals surface area (Å²) >= 11 is 0. The maximum absolute atomic E-state index is 12.6. The zero-order chi connectivity index (χ0) is 6.69. The van der Waals surface area contributed by atoms with E-state index in [1.165, 1.54) is 0 Å². The van der Waals surface area contributed by atoms with E-state index in [2.05, 4.69) is 5.32 Å². The van der Waals surface area contributed by atoms with Gasteiger partial charge in [-0.15, -0.1) is 12.4 Å². The van der Waals surface area contributed by atoms with E-state index in [1.54, 1.807) is 6.92 Å². The van der Waals surface area contributed by atoms with Crippen LogP contribution in [0.15, 0.2) is 0 Å². The third-order valence-electron chi connectivity index (χ3n) is 2.03. The van der Waals surface area contributed by atoms with Crippen molar-refractivity contribution in [2.24, 2.45) is 5.92 Å². The van der Waals surface area contributed by atoms with Gasteiger partial charge in [-0.3, -0.25) is 0 Å². The third-order valence-corrected chi connectivity index (χ3v) is 2.03. The van der Waals surface area contributed by atoms with Gasteiger partial charge in [0.05, 0.1) is 0 Å². The lowest BCUT2D eigenvalue weighted by Crippen LogP contribution is -2.31. The topological polar surface area (TPSA) is 12.0 Å². The first-order valence-electron chi connectivity index (χ1n) is 3.65. The quantitative estimate of drug-likeness (QED) is 0.628. The molecule has 0 spiro atoms. The van der Waals surface area contributed by atoms with Gasteiger partial charge in [0.15, 0.2) is 0 Å². The normalized spacial score (nSPS) is 23.4. The molecule has 0 aromatic rings. The summed E-state index contributed by atoms with van der Waals surface area (Å²) in [4.78, 5) is 0. The van der Waals surface area contributed by atoms with Gasteiger partial charge >= 0.3 is 0 Å². The molecule has 1 saturated heterocycles. The summed E-state index contributed by atoms with van der Waals surface area (Å²) in [6.07, 6.45) is 1.42. The Morgan fingerprint density at radius 3 is 2.20 bits per heavy atom. The molecule has 3 heteroatoms. The molecule has 0 radical (unpaired) electrons. The van der Waals surface area contributed by atoms with Crippen LogP contribution in [0, 0.1) is 5.92 Å². The van der Waals surface area contributed by atoms with Crippen molar-refractivity contribution in [1.82, 2.24) is 5.32 Å². The summed E-state index contributed by atoms with van der Waals surface area (Å²) in [6, 6.07) is 0. The van der Waals surface area contributed by atoms with Gasteiger partial charge in [-0.05, 0) is 38.8 Å². The van der Waals surface area contributed by atoms with Gasteiger partial charge in [0.2, 0.25) is 0 Å². The Kier molecular flexibility index (Phi) is 5.00. The standard InChI is InChI=1S/C7H14FN.ClH/c1-6(8)7-2-4-9-5-3-7;/h6-7,9H,2-5H2,1H3;1H.